The molecule has 0 unspecified atom stereocenters. The monoisotopic (exact) mass is 394 g/mol. The van der Waals surface area contributed by atoms with Crippen molar-refractivity contribution in [2.45, 2.75) is 6.04 Å². The summed E-state index contributed by atoms with van der Waals surface area (Å²) in [5, 5.41) is 50.6. The first-order chi connectivity index (χ1) is 13.9. The summed E-state index contributed by atoms with van der Waals surface area (Å²) in [4.78, 5) is 20.6. The number of nitro groups is 2. The third-order valence-electron chi connectivity index (χ3n) is 4.11. The number of azo groups is 1. The molecule has 0 aliphatic heterocycles. The molecule has 10 nitrogen and oxygen atoms in total. The zero-order valence-electron chi connectivity index (χ0n) is 14.7. The van der Waals surface area contributed by atoms with E-state index >= 15 is 0 Å². The highest BCUT2D eigenvalue weighted by atomic mass is 16.6. The third-order valence-corrected chi connectivity index (χ3v) is 4.11. The van der Waals surface area contributed by atoms with Gasteiger partial charge in [-0.05, 0) is 18.2 Å². The van der Waals surface area contributed by atoms with Crippen LogP contribution in [0.5, 0.6) is 11.5 Å². The van der Waals surface area contributed by atoms with E-state index in [0.29, 0.717) is 11.1 Å². The molecule has 29 heavy (non-hydrogen) atoms. The number of hydrogen-bond acceptors (Lipinski definition) is 8. The van der Waals surface area contributed by atoms with Crippen molar-refractivity contribution in [2.24, 2.45) is 10.2 Å². The van der Waals surface area contributed by atoms with Gasteiger partial charge in [-0.15, -0.1) is 5.11 Å². The molecule has 3 rings (SSSR count). The van der Waals surface area contributed by atoms with Crippen LogP contribution < -0.4 is 0 Å². The standard InChI is InChI=1S/C19H14N4O6/c24-17-7-3-1-5-13(17)19(14-6-2-4-8-18(14)25)21-20-15-10-9-12(22(26)27)11-16(15)23(28)29/h1-11,19,24-25H. The maximum atomic E-state index is 11.3. The van der Waals surface area contributed by atoms with Crippen LogP contribution in [0.1, 0.15) is 17.2 Å². The fourth-order valence-electron chi connectivity index (χ4n) is 2.71. The molecule has 3 aromatic carbocycles. The number of hydrogen-bond donors (Lipinski definition) is 2. The Labute approximate surface area is 163 Å². The minimum atomic E-state index is -0.966. The molecular weight excluding hydrogens is 380 g/mol. The van der Waals surface area contributed by atoms with E-state index in [0.717, 1.165) is 18.2 Å². The van der Waals surface area contributed by atoms with E-state index in [2.05, 4.69) is 10.2 Å². The summed E-state index contributed by atoms with van der Waals surface area (Å²) in [6.07, 6.45) is 0. The van der Waals surface area contributed by atoms with Crippen molar-refractivity contribution < 1.29 is 20.1 Å². The Morgan fingerprint density at radius 1 is 0.793 bits per heavy atom. The topological polar surface area (TPSA) is 151 Å². The Bertz CT molecular complexity index is 1070. The number of nitro benzene ring substituents is 2. The maximum Gasteiger partial charge on any atom is 0.303 e. The Morgan fingerprint density at radius 3 is 1.83 bits per heavy atom. The van der Waals surface area contributed by atoms with E-state index in [1.807, 2.05) is 0 Å². The van der Waals surface area contributed by atoms with Crippen molar-refractivity contribution in [1.29, 1.82) is 0 Å². The highest BCUT2D eigenvalue weighted by molar-refractivity contribution is 5.61. The fourth-order valence-corrected chi connectivity index (χ4v) is 2.71. The highest BCUT2D eigenvalue weighted by Gasteiger charge is 2.22. The minimum absolute atomic E-state index is 0.0992. The minimum Gasteiger partial charge on any atom is -0.508 e. The summed E-state index contributed by atoms with van der Waals surface area (Å²) >= 11 is 0. The molecule has 3 aromatic rings. The molecular formula is C19H14N4O6. The second kappa shape index (κ2) is 8.13. The van der Waals surface area contributed by atoms with Gasteiger partial charge >= 0.3 is 5.69 Å². The predicted molar refractivity (Wildman–Crippen MR) is 102 cm³/mol. The number of rotatable bonds is 6. The van der Waals surface area contributed by atoms with E-state index < -0.39 is 27.3 Å². The summed E-state index contributed by atoms with van der Waals surface area (Å²) in [5.41, 5.74) is -0.592. The quantitative estimate of drug-likeness (QED) is 0.348. The van der Waals surface area contributed by atoms with Gasteiger partial charge < -0.3 is 10.2 Å². The molecule has 0 saturated heterocycles. The van der Waals surface area contributed by atoms with Gasteiger partial charge in [0.25, 0.3) is 5.69 Å². The van der Waals surface area contributed by atoms with Crippen LogP contribution in [0, 0.1) is 20.2 Å². The first-order valence-electron chi connectivity index (χ1n) is 8.28. The van der Waals surface area contributed by atoms with Crippen LogP contribution >= 0.6 is 0 Å². The largest absolute Gasteiger partial charge is 0.508 e. The van der Waals surface area contributed by atoms with Crippen molar-refractivity contribution in [3.05, 3.63) is 98.1 Å². The van der Waals surface area contributed by atoms with Gasteiger partial charge in [0.1, 0.15) is 17.5 Å². The van der Waals surface area contributed by atoms with Crippen LogP contribution in [-0.2, 0) is 0 Å². The molecule has 0 atom stereocenters. The Kier molecular flexibility index (Phi) is 5.44. The van der Waals surface area contributed by atoms with Gasteiger partial charge in [0.2, 0.25) is 0 Å². The van der Waals surface area contributed by atoms with Gasteiger partial charge in [0.15, 0.2) is 5.69 Å². The molecule has 2 N–H and O–H groups in total. The summed E-state index contributed by atoms with van der Waals surface area (Å²) in [5.74, 6) is -0.198. The number of aromatic hydroxyl groups is 2. The number of nitrogens with zero attached hydrogens (tertiary/aromatic N) is 4. The first kappa shape index (κ1) is 19.4. The van der Waals surface area contributed by atoms with Crippen LogP contribution in [0.25, 0.3) is 0 Å². The van der Waals surface area contributed by atoms with E-state index in [1.54, 1.807) is 36.4 Å². The smallest absolute Gasteiger partial charge is 0.303 e. The number of phenols is 2. The van der Waals surface area contributed by atoms with Gasteiger partial charge in [0.05, 0.1) is 15.9 Å². The number of para-hydroxylation sites is 2. The Balaban J connectivity index is 2.11. The van der Waals surface area contributed by atoms with Gasteiger partial charge in [-0.1, -0.05) is 36.4 Å². The molecule has 0 fully saturated rings. The van der Waals surface area contributed by atoms with E-state index in [9.17, 15) is 30.4 Å². The summed E-state index contributed by atoms with van der Waals surface area (Å²) in [7, 11) is 0. The van der Waals surface area contributed by atoms with Crippen molar-refractivity contribution in [3.8, 4) is 11.5 Å². The molecule has 0 aromatic heterocycles. The summed E-state index contributed by atoms with van der Waals surface area (Å²) < 4.78 is 0. The molecule has 0 radical (unpaired) electrons. The lowest BCUT2D eigenvalue weighted by molar-refractivity contribution is -0.393. The average molecular weight is 394 g/mol. The molecule has 10 heteroatoms. The van der Waals surface area contributed by atoms with Gasteiger partial charge in [-0.2, -0.15) is 5.11 Å². The molecule has 0 spiro atoms. The highest BCUT2D eigenvalue weighted by Crippen LogP contribution is 2.39. The zero-order chi connectivity index (χ0) is 21.0. The van der Waals surface area contributed by atoms with Crippen molar-refractivity contribution in [1.82, 2.24) is 0 Å². The SMILES string of the molecule is O=[N+]([O-])c1ccc(N=NC(c2ccccc2O)c2ccccc2O)c([N+](=O)[O-])c1. The van der Waals surface area contributed by atoms with Crippen molar-refractivity contribution in [3.63, 3.8) is 0 Å². The number of non-ortho nitro benzene ring substituents is 1. The zero-order valence-corrected chi connectivity index (χ0v) is 14.7. The Hall–Kier alpha value is -4.34. The van der Waals surface area contributed by atoms with Crippen LogP contribution in [0.3, 0.4) is 0 Å². The second-order valence-corrected chi connectivity index (χ2v) is 5.92. The van der Waals surface area contributed by atoms with Crippen molar-refractivity contribution in [2.75, 3.05) is 0 Å². The summed E-state index contributed by atoms with van der Waals surface area (Å²) in [6, 6.07) is 14.6. The molecule has 0 bridgehead atoms. The van der Waals surface area contributed by atoms with E-state index in [-0.39, 0.29) is 17.2 Å². The summed E-state index contributed by atoms with van der Waals surface area (Å²) in [6.45, 7) is 0. The van der Waals surface area contributed by atoms with E-state index in [4.69, 9.17) is 0 Å². The predicted octanol–water partition coefficient (Wildman–Crippen LogP) is 4.79. The lowest BCUT2D eigenvalue weighted by Gasteiger charge is -2.15. The van der Waals surface area contributed by atoms with Crippen LogP contribution in [0.15, 0.2) is 77.0 Å². The van der Waals surface area contributed by atoms with E-state index in [1.165, 1.54) is 12.1 Å². The van der Waals surface area contributed by atoms with Crippen LogP contribution in [0.4, 0.5) is 17.1 Å². The molecule has 0 saturated carbocycles. The van der Waals surface area contributed by atoms with Gasteiger partial charge in [-0.25, -0.2) is 0 Å². The Morgan fingerprint density at radius 2 is 1.34 bits per heavy atom. The molecule has 0 heterocycles. The average Bonchev–Trinajstić information content (AvgIpc) is 2.70. The third kappa shape index (κ3) is 4.16. The second-order valence-electron chi connectivity index (χ2n) is 5.92. The molecule has 0 aliphatic rings. The molecule has 0 aliphatic carbocycles. The maximum absolute atomic E-state index is 11.3. The molecule has 0 amide bonds. The number of phenolic OH excluding ortho intramolecular Hbond substituents is 2. The van der Waals surface area contributed by atoms with Crippen molar-refractivity contribution >= 4 is 17.1 Å². The fraction of sp³-hybridized carbons (Fsp3) is 0.0526. The lowest BCUT2D eigenvalue weighted by atomic mass is 9.98. The molecule has 146 valence electrons. The number of benzene rings is 3. The van der Waals surface area contributed by atoms with Gasteiger partial charge in [0, 0.05) is 17.2 Å². The van der Waals surface area contributed by atoms with Crippen LogP contribution in [-0.4, -0.2) is 20.1 Å². The van der Waals surface area contributed by atoms with Gasteiger partial charge in [-0.3, -0.25) is 20.2 Å². The lowest BCUT2D eigenvalue weighted by Crippen LogP contribution is -1.99. The normalized spacial score (nSPS) is 11.1. The first-order valence-corrected chi connectivity index (χ1v) is 8.28. The van der Waals surface area contributed by atoms with Crippen LogP contribution in [0.2, 0.25) is 0 Å².